The van der Waals surface area contributed by atoms with Gasteiger partial charge in [-0.05, 0) is 63.9 Å². The van der Waals surface area contributed by atoms with Gasteiger partial charge in [-0.25, -0.2) is 4.57 Å². The molecule has 85 heavy (non-hydrogen) atoms. The highest BCUT2D eigenvalue weighted by Gasteiger charge is 2.30. The number of nitrogens with zero attached hydrogens (tertiary/aromatic N) is 1. The molecule has 0 aliphatic carbocycles. The molecular weight excluding hydrogens is 1070 g/mol. The molecule has 3 unspecified atom stereocenters. The molecule has 0 rings (SSSR count). The van der Waals surface area contributed by atoms with E-state index in [9.17, 15) is 19.0 Å². The van der Waals surface area contributed by atoms with Crippen molar-refractivity contribution >= 4 is 19.7 Å². The molecule has 3 atom stereocenters. The van der Waals surface area contributed by atoms with Gasteiger partial charge >= 0.3 is 13.8 Å². The number of likely N-dealkylation sites (N-methyl/N-ethyl adjacent to an activating group) is 1. The zero-order chi connectivity index (χ0) is 62.1. The van der Waals surface area contributed by atoms with Crippen LogP contribution in [-0.4, -0.2) is 74.3 Å². The lowest BCUT2D eigenvalue weighted by Gasteiger charge is -2.27. The Balaban J connectivity index is 4.93. The van der Waals surface area contributed by atoms with Gasteiger partial charge in [0.25, 0.3) is 0 Å². The number of rotatable bonds is 69. The molecular formula is C75H146N2O7P+. The molecule has 0 bridgehead atoms. The van der Waals surface area contributed by atoms with E-state index < -0.39 is 20.0 Å². The number of carbonyl (C=O) groups is 2. The number of phosphoric ester groups is 1. The second-order valence-electron chi connectivity index (χ2n) is 26.8. The quantitative estimate of drug-likeness (QED) is 0.0205. The summed E-state index contributed by atoms with van der Waals surface area (Å²) in [5.74, 6) is -0.484. The van der Waals surface area contributed by atoms with Gasteiger partial charge in [0.15, 0.2) is 0 Å². The number of hydrogen-bond donors (Lipinski definition) is 2. The van der Waals surface area contributed by atoms with Crippen LogP contribution in [-0.2, 0) is 27.9 Å². The highest BCUT2D eigenvalue weighted by atomic mass is 31.2. The van der Waals surface area contributed by atoms with Crippen molar-refractivity contribution < 1.29 is 37.3 Å². The zero-order valence-corrected chi connectivity index (χ0v) is 58.5. The van der Waals surface area contributed by atoms with Crippen molar-refractivity contribution in [3.05, 3.63) is 36.5 Å². The molecule has 1 amide bonds. The number of nitrogens with one attached hydrogen (secondary N) is 1. The summed E-state index contributed by atoms with van der Waals surface area (Å²) in [5.41, 5.74) is 0. The van der Waals surface area contributed by atoms with E-state index in [1.807, 2.05) is 33.3 Å². The fourth-order valence-electron chi connectivity index (χ4n) is 11.3. The van der Waals surface area contributed by atoms with E-state index in [2.05, 4.69) is 50.4 Å². The number of unbranched alkanes of at least 4 members (excludes halogenated alkanes) is 49. The average Bonchev–Trinajstić information content (AvgIpc) is 3.62. The minimum absolute atomic E-state index is 0.0431. The Morgan fingerprint density at radius 1 is 0.412 bits per heavy atom. The third-order valence-corrected chi connectivity index (χ3v) is 18.1. The van der Waals surface area contributed by atoms with Gasteiger partial charge in [-0.2, -0.15) is 0 Å². The molecule has 0 saturated heterocycles. The summed E-state index contributed by atoms with van der Waals surface area (Å²) in [5, 5.41) is 3.08. The molecule has 502 valence electrons. The monoisotopic (exact) mass is 1220 g/mol. The van der Waals surface area contributed by atoms with Crippen LogP contribution < -0.4 is 5.32 Å². The first kappa shape index (κ1) is 83.2. The fraction of sp³-hybridized carbons (Fsp3) is 0.893. The smallest absolute Gasteiger partial charge is 0.456 e. The summed E-state index contributed by atoms with van der Waals surface area (Å²) in [6, 6.07) is -0.845. The van der Waals surface area contributed by atoms with Crippen molar-refractivity contribution in [3.8, 4) is 0 Å². The van der Waals surface area contributed by atoms with Crippen molar-refractivity contribution in [3.63, 3.8) is 0 Å². The Labute approximate surface area is 529 Å². The van der Waals surface area contributed by atoms with Crippen LogP contribution >= 0.6 is 7.82 Å². The van der Waals surface area contributed by atoms with Crippen molar-refractivity contribution in [1.82, 2.24) is 5.32 Å². The van der Waals surface area contributed by atoms with Crippen LogP contribution in [0.2, 0.25) is 0 Å². The van der Waals surface area contributed by atoms with Crippen LogP contribution in [0, 0.1) is 0 Å². The van der Waals surface area contributed by atoms with E-state index in [0.717, 1.165) is 64.2 Å². The molecule has 0 aromatic rings. The summed E-state index contributed by atoms with van der Waals surface area (Å²) in [7, 11) is 1.51. The Morgan fingerprint density at radius 2 is 0.718 bits per heavy atom. The number of esters is 1. The van der Waals surface area contributed by atoms with Gasteiger partial charge in [0.1, 0.15) is 19.3 Å². The highest BCUT2D eigenvalue weighted by molar-refractivity contribution is 7.47. The first-order valence-electron chi connectivity index (χ1n) is 37.3. The molecule has 0 fully saturated rings. The molecule has 10 heteroatoms. The van der Waals surface area contributed by atoms with Crippen LogP contribution in [0.3, 0.4) is 0 Å². The molecule has 0 spiro atoms. The normalized spacial score (nSPS) is 13.6. The Kier molecular flexibility index (Phi) is 63.8. The number of amides is 1. The lowest BCUT2D eigenvalue weighted by Crippen LogP contribution is -2.47. The predicted molar refractivity (Wildman–Crippen MR) is 369 cm³/mol. The molecule has 0 aromatic carbocycles. The van der Waals surface area contributed by atoms with Gasteiger partial charge in [-0.3, -0.25) is 18.6 Å². The maximum Gasteiger partial charge on any atom is 0.472 e. The van der Waals surface area contributed by atoms with Crippen LogP contribution in [0.1, 0.15) is 380 Å². The van der Waals surface area contributed by atoms with Crippen LogP contribution in [0.15, 0.2) is 36.5 Å². The third-order valence-electron chi connectivity index (χ3n) is 17.1. The van der Waals surface area contributed by atoms with Gasteiger partial charge in [0, 0.05) is 12.8 Å². The summed E-state index contributed by atoms with van der Waals surface area (Å²) in [6.07, 6.45) is 81.7. The van der Waals surface area contributed by atoms with E-state index in [-0.39, 0.29) is 25.1 Å². The third kappa shape index (κ3) is 66.5. The molecule has 2 N–H and O–H groups in total. The number of hydrogen-bond acceptors (Lipinski definition) is 6. The van der Waals surface area contributed by atoms with Crippen LogP contribution in [0.25, 0.3) is 0 Å². The largest absolute Gasteiger partial charge is 0.472 e. The second kappa shape index (κ2) is 65.2. The molecule has 9 nitrogen and oxygen atoms in total. The number of allylic oxidation sites excluding steroid dienone is 5. The van der Waals surface area contributed by atoms with Gasteiger partial charge in [-0.1, -0.05) is 340 Å². The maximum atomic E-state index is 13.6. The molecule has 0 aliphatic heterocycles. The first-order valence-corrected chi connectivity index (χ1v) is 38.8. The number of ether oxygens (including phenoxy) is 1. The topological polar surface area (TPSA) is 111 Å². The molecule has 0 radical (unpaired) electrons. The minimum atomic E-state index is -4.45. The lowest BCUT2D eigenvalue weighted by molar-refractivity contribution is -0.870. The van der Waals surface area contributed by atoms with Crippen LogP contribution in [0.4, 0.5) is 0 Å². The van der Waals surface area contributed by atoms with Gasteiger partial charge in [0.05, 0.1) is 33.8 Å². The summed E-state index contributed by atoms with van der Waals surface area (Å²) in [6.45, 7) is 7.05. The summed E-state index contributed by atoms with van der Waals surface area (Å²) >= 11 is 0. The lowest BCUT2D eigenvalue weighted by atomic mass is 10.0. The zero-order valence-electron chi connectivity index (χ0n) is 57.6. The molecule has 0 aliphatic rings. The van der Waals surface area contributed by atoms with Gasteiger partial charge < -0.3 is 19.4 Å². The highest BCUT2D eigenvalue weighted by Crippen LogP contribution is 2.43. The number of phosphoric acid groups is 1. The predicted octanol–water partition coefficient (Wildman–Crippen LogP) is 23.8. The van der Waals surface area contributed by atoms with E-state index in [4.69, 9.17) is 13.8 Å². The molecule has 0 saturated carbocycles. The Morgan fingerprint density at radius 3 is 1.08 bits per heavy atom. The molecule has 0 heterocycles. The van der Waals surface area contributed by atoms with Crippen molar-refractivity contribution in [2.75, 3.05) is 40.9 Å². The maximum absolute atomic E-state index is 13.6. The van der Waals surface area contributed by atoms with Crippen molar-refractivity contribution in [2.45, 2.75) is 392 Å². The number of carbonyl (C=O) groups excluding carboxylic acids is 2. The van der Waals surface area contributed by atoms with Crippen molar-refractivity contribution in [2.24, 2.45) is 0 Å². The van der Waals surface area contributed by atoms with Gasteiger partial charge in [0.2, 0.25) is 5.91 Å². The summed E-state index contributed by atoms with van der Waals surface area (Å²) in [4.78, 5) is 37.9. The van der Waals surface area contributed by atoms with E-state index in [1.165, 1.54) is 283 Å². The van der Waals surface area contributed by atoms with E-state index >= 15 is 0 Å². The standard InChI is InChI=1S/C75H145N2O7P/c1-7-10-13-16-19-22-25-27-29-31-33-35-37-38-40-42-44-46-48-50-53-56-59-62-65-68-75(79)84-73(66-63-60-57-54-51-24-21-18-15-12-9-3)72(71-83-85(80,81)82-70-69-77(4,5)6)76-74(78)67-64-61-58-55-52-49-47-45-43-41-39-36-34-32-30-28-26-23-20-17-14-11-8-2/h20,23,28,30,63,66,72-73H,7-19,21-22,24-27,29,31-62,64-65,67-71H2,1-6H3,(H-,76,78,80,81)/p+1/b23-20-,30-28-,66-63+. The number of quaternary nitrogens is 1. The SMILES string of the molecule is CCCCC/C=C\C/C=C\CCCCCCCCCCCCCCCC(=O)NC(COP(=O)(O)OCC[N+](C)(C)C)C(/C=C/CCCCCCCCCCC)OC(=O)CCCCCCCCCCCCCCCCCCCCCCCCCCC. The summed E-state index contributed by atoms with van der Waals surface area (Å²) < 4.78 is 30.9. The minimum Gasteiger partial charge on any atom is -0.456 e. The molecule has 0 aromatic heterocycles. The Bertz CT molecular complexity index is 1550. The first-order chi connectivity index (χ1) is 41.4. The Hall–Kier alpha value is -1.77. The van der Waals surface area contributed by atoms with Gasteiger partial charge in [-0.15, -0.1) is 0 Å². The van der Waals surface area contributed by atoms with Crippen LogP contribution in [0.5, 0.6) is 0 Å². The van der Waals surface area contributed by atoms with E-state index in [1.54, 1.807) is 0 Å². The van der Waals surface area contributed by atoms with E-state index in [0.29, 0.717) is 23.9 Å². The van der Waals surface area contributed by atoms with Crippen molar-refractivity contribution in [1.29, 1.82) is 0 Å². The fourth-order valence-corrected chi connectivity index (χ4v) is 12.1. The average molecular weight is 1220 g/mol. The second-order valence-corrected chi connectivity index (χ2v) is 28.3.